The molecule has 1 amide bonds. The Labute approximate surface area is 212 Å². The number of aromatic nitrogens is 6. The number of aromatic amines is 1. The summed E-state index contributed by atoms with van der Waals surface area (Å²) in [5, 5.41) is 17.7. The van der Waals surface area contributed by atoms with Gasteiger partial charge in [0, 0.05) is 36.5 Å². The SMILES string of the molecule is Cn1ccc(-c2cc(C(=O)Nc3cc(-c4ccc(=O)[nH]n4)nn3-c3ccccc3)ccc2OC(F)(F)F)n1. The number of hydrogen-bond donors (Lipinski definition) is 2. The third-order valence-electron chi connectivity index (χ3n) is 5.35. The van der Waals surface area contributed by atoms with Crippen LogP contribution in [0.3, 0.4) is 0 Å². The van der Waals surface area contributed by atoms with Gasteiger partial charge in [0.2, 0.25) is 0 Å². The Morgan fingerprint density at radius 2 is 1.74 bits per heavy atom. The molecule has 0 fully saturated rings. The number of nitrogens with one attached hydrogen (secondary N) is 2. The molecule has 0 bridgehead atoms. The predicted octanol–water partition coefficient (Wildman–Crippen LogP) is 4.17. The van der Waals surface area contributed by atoms with Crippen molar-refractivity contribution in [3.63, 3.8) is 0 Å². The number of H-pyrrole nitrogens is 1. The van der Waals surface area contributed by atoms with Gasteiger partial charge in [-0.15, -0.1) is 13.2 Å². The van der Waals surface area contributed by atoms with Crippen LogP contribution in [0.25, 0.3) is 28.3 Å². The van der Waals surface area contributed by atoms with E-state index in [1.54, 1.807) is 43.6 Å². The molecule has 5 aromatic rings. The van der Waals surface area contributed by atoms with E-state index in [0.717, 1.165) is 6.07 Å². The first-order chi connectivity index (χ1) is 18.2. The highest BCUT2D eigenvalue weighted by atomic mass is 19.4. The largest absolute Gasteiger partial charge is 0.573 e. The average Bonchev–Trinajstić information content (AvgIpc) is 3.50. The van der Waals surface area contributed by atoms with Crippen molar-refractivity contribution in [1.29, 1.82) is 0 Å². The Morgan fingerprint density at radius 3 is 2.39 bits per heavy atom. The number of amides is 1. The van der Waals surface area contributed by atoms with Crippen LogP contribution in [0.4, 0.5) is 19.0 Å². The number of nitrogens with zero attached hydrogens (tertiary/aromatic N) is 5. The van der Waals surface area contributed by atoms with Gasteiger partial charge in [-0.2, -0.15) is 15.3 Å². The molecule has 10 nitrogen and oxygen atoms in total. The first kappa shape index (κ1) is 24.5. The zero-order valence-corrected chi connectivity index (χ0v) is 19.6. The van der Waals surface area contributed by atoms with Crippen molar-refractivity contribution in [2.75, 3.05) is 5.32 Å². The van der Waals surface area contributed by atoms with Crippen LogP contribution in [0.1, 0.15) is 10.4 Å². The van der Waals surface area contributed by atoms with Gasteiger partial charge in [0.05, 0.1) is 11.4 Å². The Hall–Kier alpha value is -5.20. The second kappa shape index (κ2) is 9.69. The molecular formula is C25H18F3N7O3. The number of anilines is 1. The first-order valence-electron chi connectivity index (χ1n) is 11.1. The predicted molar refractivity (Wildman–Crippen MR) is 131 cm³/mol. The van der Waals surface area contributed by atoms with E-state index in [4.69, 9.17) is 0 Å². The number of benzene rings is 2. The van der Waals surface area contributed by atoms with Crippen LogP contribution < -0.4 is 15.6 Å². The molecule has 2 aromatic carbocycles. The number of rotatable bonds is 6. The minimum Gasteiger partial charge on any atom is -0.405 e. The third-order valence-corrected chi connectivity index (χ3v) is 5.35. The van der Waals surface area contributed by atoms with Gasteiger partial charge in [0.15, 0.2) is 0 Å². The number of aryl methyl sites for hydroxylation is 1. The van der Waals surface area contributed by atoms with E-state index in [9.17, 15) is 22.8 Å². The summed E-state index contributed by atoms with van der Waals surface area (Å²) < 4.78 is 46.0. The highest BCUT2D eigenvalue weighted by molar-refractivity contribution is 6.05. The van der Waals surface area contributed by atoms with E-state index in [1.807, 2.05) is 6.07 Å². The smallest absolute Gasteiger partial charge is 0.405 e. The lowest BCUT2D eigenvalue weighted by Crippen LogP contribution is -2.18. The van der Waals surface area contributed by atoms with Crippen LogP contribution in [0.5, 0.6) is 5.75 Å². The van der Waals surface area contributed by atoms with Crippen LogP contribution in [0.15, 0.2) is 83.8 Å². The van der Waals surface area contributed by atoms with Gasteiger partial charge in [0.25, 0.3) is 11.5 Å². The zero-order chi connectivity index (χ0) is 26.9. The van der Waals surface area contributed by atoms with Gasteiger partial charge in [0.1, 0.15) is 23.0 Å². The Kier molecular flexibility index (Phi) is 6.24. The molecule has 3 heterocycles. The normalized spacial score (nSPS) is 11.4. The summed E-state index contributed by atoms with van der Waals surface area (Å²) in [6, 6.07) is 18.4. The molecule has 192 valence electrons. The summed E-state index contributed by atoms with van der Waals surface area (Å²) in [7, 11) is 1.61. The number of hydrogen-bond acceptors (Lipinski definition) is 6. The van der Waals surface area contributed by atoms with E-state index in [0.29, 0.717) is 17.1 Å². The second-order valence-corrected chi connectivity index (χ2v) is 8.06. The molecule has 0 aliphatic carbocycles. The number of alkyl halides is 3. The highest BCUT2D eigenvalue weighted by Gasteiger charge is 2.33. The lowest BCUT2D eigenvalue weighted by molar-refractivity contribution is -0.274. The Bertz CT molecular complexity index is 1650. The molecular weight excluding hydrogens is 503 g/mol. The van der Waals surface area contributed by atoms with Crippen LogP contribution in [-0.4, -0.2) is 42.0 Å². The van der Waals surface area contributed by atoms with Crippen molar-refractivity contribution in [3.05, 3.63) is 94.9 Å². The van der Waals surface area contributed by atoms with Crippen molar-refractivity contribution in [2.45, 2.75) is 6.36 Å². The third kappa shape index (κ3) is 5.31. The summed E-state index contributed by atoms with van der Waals surface area (Å²) in [6.07, 6.45) is -3.37. The molecule has 0 radical (unpaired) electrons. The maximum atomic E-state index is 13.3. The van der Waals surface area contributed by atoms with E-state index in [2.05, 4.69) is 30.4 Å². The molecule has 0 atom stereocenters. The topological polar surface area (TPSA) is 120 Å². The van der Waals surface area contributed by atoms with Gasteiger partial charge >= 0.3 is 6.36 Å². The van der Waals surface area contributed by atoms with Gasteiger partial charge in [-0.05, 0) is 42.5 Å². The first-order valence-corrected chi connectivity index (χ1v) is 11.1. The van der Waals surface area contributed by atoms with Gasteiger partial charge in [-0.3, -0.25) is 14.3 Å². The van der Waals surface area contributed by atoms with Crippen molar-refractivity contribution in [1.82, 2.24) is 29.8 Å². The van der Waals surface area contributed by atoms with E-state index < -0.39 is 18.0 Å². The number of halogens is 3. The number of carbonyl (C=O) groups excluding carboxylic acids is 1. The molecule has 13 heteroatoms. The van der Waals surface area contributed by atoms with Gasteiger partial charge < -0.3 is 10.1 Å². The van der Waals surface area contributed by atoms with E-state index >= 15 is 0 Å². The van der Waals surface area contributed by atoms with Crippen molar-refractivity contribution >= 4 is 11.7 Å². The molecule has 38 heavy (non-hydrogen) atoms. The van der Waals surface area contributed by atoms with Crippen molar-refractivity contribution in [2.24, 2.45) is 7.05 Å². The zero-order valence-electron chi connectivity index (χ0n) is 19.6. The lowest BCUT2D eigenvalue weighted by Gasteiger charge is -2.14. The molecule has 0 aliphatic heterocycles. The Balaban J connectivity index is 1.52. The molecule has 0 saturated carbocycles. The van der Waals surface area contributed by atoms with Crippen molar-refractivity contribution < 1.29 is 22.7 Å². The molecule has 3 aromatic heterocycles. The van der Waals surface area contributed by atoms with Crippen LogP contribution >= 0.6 is 0 Å². The fourth-order valence-electron chi connectivity index (χ4n) is 3.68. The molecule has 2 N–H and O–H groups in total. The molecule has 0 unspecified atom stereocenters. The number of para-hydroxylation sites is 1. The average molecular weight is 521 g/mol. The summed E-state index contributed by atoms with van der Waals surface area (Å²) in [5.41, 5.74) is 1.22. The quantitative estimate of drug-likeness (QED) is 0.346. The lowest BCUT2D eigenvalue weighted by atomic mass is 10.1. The maximum Gasteiger partial charge on any atom is 0.573 e. The fourth-order valence-corrected chi connectivity index (χ4v) is 3.68. The minimum atomic E-state index is -4.93. The van der Waals surface area contributed by atoms with Crippen LogP contribution in [0.2, 0.25) is 0 Å². The summed E-state index contributed by atoms with van der Waals surface area (Å²) in [5.74, 6) is -0.841. The number of carbonyl (C=O) groups is 1. The summed E-state index contributed by atoms with van der Waals surface area (Å²) in [6.45, 7) is 0. The summed E-state index contributed by atoms with van der Waals surface area (Å²) in [4.78, 5) is 24.7. The van der Waals surface area contributed by atoms with Crippen molar-refractivity contribution in [3.8, 4) is 34.1 Å². The minimum absolute atomic E-state index is 0.00901. The van der Waals surface area contributed by atoms with Crippen LogP contribution in [-0.2, 0) is 7.05 Å². The van der Waals surface area contributed by atoms with E-state index in [1.165, 1.54) is 39.7 Å². The fraction of sp³-hybridized carbons (Fsp3) is 0.0800. The standard InChI is InChI=1S/C25H18F3N7O3/c1-34-12-11-18(32-34)17-13-15(7-9-21(17)38-25(26,27)28)24(37)29-22-14-20(19-8-10-23(36)31-30-19)33-35(22)16-5-3-2-4-6-16/h2-14H,1H3,(H,29,37)(H,31,36). The molecule has 0 saturated heterocycles. The maximum absolute atomic E-state index is 13.3. The summed E-state index contributed by atoms with van der Waals surface area (Å²) >= 11 is 0. The second-order valence-electron chi connectivity index (χ2n) is 8.06. The number of ether oxygens (including phenoxy) is 1. The Morgan fingerprint density at radius 1 is 0.947 bits per heavy atom. The van der Waals surface area contributed by atoms with Gasteiger partial charge in [-0.1, -0.05) is 18.2 Å². The van der Waals surface area contributed by atoms with Gasteiger partial charge in [-0.25, -0.2) is 9.78 Å². The molecule has 0 aliphatic rings. The monoisotopic (exact) mass is 521 g/mol. The molecule has 0 spiro atoms. The van der Waals surface area contributed by atoms with E-state index in [-0.39, 0.29) is 28.2 Å². The highest BCUT2D eigenvalue weighted by Crippen LogP contribution is 2.34. The molecule has 5 rings (SSSR count). The van der Waals surface area contributed by atoms with Crippen LogP contribution in [0, 0.1) is 0 Å².